The van der Waals surface area contributed by atoms with Crippen molar-refractivity contribution in [3.63, 3.8) is 0 Å². The molecule has 0 aliphatic heterocycles. The zero-order valence-electron chi connectivity index (χ0n) is 20.6. The molecule has 2 aromatic carbocycles. The van der Waals surface area contributed by atoms with Crippen LogP contribution < -0.4 is 14.2 Å². The van der Waals surface area contributed by atoms with E-state index < -0.39 is 5.97 Å². The van der Waals surface area contributed by atoms with Gasteiger partial charge in [0.25, 0.3) is 0 Å². The van der Waals surface area contributed by atoms with E-state index >= 15 is 0 Å². The summed E-state index contributed by atoms with van der Waals surface area (Å²) < 4.78 is 16.9. The van der Waals surface area contributed by atoms with E-state index in [-0.39, 0.29) is 0 Å². The van der Waals surface area contributed by atoms with Gasteiger partial charge in [0, 0.05) is 6.42 Å². The summed E-state index contributed by atoms with van der Waals surface area (Å²) in [5, 5.41) is 0. The van der Waals surface area contributed by atoms with E-state index in [9.17, 15) is 9.59 Å². The molecule has 0 aliphatic carbocycles. The molecule has 5 nitrogen and oxygen atoms in total. The van der Waals surface area contributed by atoms with Crippen molar-refractivity contribution in [3.8, 4) is 17.2 Å². The second-order valence-corrected chi connectivity index (χ2v) is 8.57. The summed E-state index contributed by atoms with van der Waals surface area (Å²) in [6.45, 7) is 3.54. The van der Waals surface area contributed by atoms with Gasteiger partial charge in [-0.3, -0.25) is 0 Å². The molecule has 0 radical (unpaired) electrons. The van der Waals surface area contributed by atoms with Gasteiger partial charge in [0.1, 0.15) is 23.5 Å². The van der Waals surface area contributed by atoms with Gasteiger partial charge in [0.15, 0.2) is 0 Å². The lowest BCUT2D eigenvalue weighted by molar-refractivity contribution is -0.107. The van der Waals surface area contributed by atoms with Crippen LogP contribution in [0.5, 0.6) is 17.2 Å². The number of carbonyl (C=O) groups is 2. The van der Waals surface area contributed by atoms with Crippen molar-refractivity contribution in [2.75, 3.05) is 13.2 Å². The van der Waals surface area contributed by atoms with Crippen LogP contribution in [-0.4, -0.2) is 25.5 Å². The molecule has 2 rings (SSSR count). The van der Waals surface area contributed by atoms with E-state index in [1.165, 1.54) is 25.7 Å². The minimum absolute atomic E-state index is 0.394. The number of benzene rings is 2. The Kier molecular flexibility index (Phi) is 14.2. The molecule has 0 aliphatic rings. The summed E-state index contributed by atoms with van der Waals surface area (Å²) in [6.07, 6.45) is 14.3. The van der Waals surface area contributed by atoms with Gasteiger partial charge in [-0.1, -0.05) is 58.3 Å². The first kappa shape index (κ1) is 27.4. The fraction of sp³-hybridized carbons (Fsp3) is 0.517. The van der Waals surface area contributed by atoms with Gasteiger partial charge in [-0.15, -0.1) is 0 Å². The maximum absolute atomic E-state index is 12.4. The van der Waals surface area contributed by atoms with Gasteiger partial charge in [-0.05, 0) is 67.8 Å². The SMILES string of the molecule is CCCCCOc1ccc(OC(=O)c2ccc(OCCCCCCCCCCC=O)cc2)cc1. The molecule has 0 bridgehead atoms. The lowest BCUT2D eigenvalue weighted by atomic mass is 10.1. The molecule has 0 spiro atoms. The van der Waals surface area contributed by atoms with Crippen molar-refractivity contribution in [1.82, 2.24) is 0 Å². The normalized spacial score (nSPS) is 10.6. The van der Waals surface area contributed by atoms with Crippen LogP contribution in [-0.2, 0) is 4.79 Å². The molecule has 5 heteroatoms. The van der Waals surface area contributed by atoms with E-state index in [0.717, 1.165) is 62.7 Å². The molecule has 0 heterocycles. The highest BCUT2D eigenvalue weighted by molar-refractivity contribution is 5.91. The molecule has 0 unspecified atom stereocenters. The van der Waals surface area contributed by atoms with Crippen LogP contribution >= 0.6 is 0 Å². The fourth-order valence-electron chi connectivity index (χ4n) is 3.58. The predicted molar refractivity (Wildman–Crippen MR) is 136 cm³/mol. The largest absolute Gasteiger partial charge is 0.494 e. The van der Waals surface area contributed by atoms with Crippen molar-refractivity contribution in [2.45, 2.75) is 84.0 Å². The summed E-state index contributed by atoms with van der Waals surface area (Å²) in [4.78, 5) is 22.7. The highest BCUT2D eigenvalue weighted by Gasteiger charge is 2.09. The van der Waals surface area contributed by atoms with Crippen LogP contribution in [0.15, 0.2) is 48.5 Å². The van der Waals surface area contributed by atoms with Crippen LogP contribution in [0.1, 0.15) is 94.3 Å². The molecule has 0 saturated carbocycles. The first-order valence-corrected chi connectivity index (χ1v) is 12.8. The Labute approximate surface area is 204 Å². The van der Waals surface area contributed by atoms with E-state index in [4.69, 9.17) is 14.2 Å². The maximum Gasteiger partial charge on any atom is 0.343 e. The Morgan fingerprint density at radius 3 is 1.68 bits per heavy atom. The number of carbonyl (C=O) groups excluding carboxylic acids is 2. The quantitative estimate of drug-likeness (QED) is 0.0921. The lowest BCUT2D eigenvalue weighted by Gasteiger charge is -2.09. The van der Waals surface area contributed by atoms with Crippen LogP contribution in [0.2, 0.25) is 0 Å². The molecule has 0 N–H and O–H groups in total. The van der Waals surface area contributed by atoms with Crippen molar-refractivity contribution in [2.24, 2.45) is 0 Å². The maximum atomic E-state index is 12.4. The molecule has 186 valence electrons. The summed E-state index contributed by atoms with van der Waals surface area (Å²) in [5.74, 6) is 1.64. The van der Waals surface area contributed by atoms with Gasteiger partial charge < -0.3 is 19.0 Å². The van der Waals surface area contributed by atoms with Crippen molar-refractivity contribution in [1.29, 1.82) is 0 Å². The minimum atomic E-state index is -0.394. The molecule has 0 atom stereocenters. The summed E-state index contributed by atoms with van der Waals surface area (Å²) >= 11 is 0. The van der Waals surface area contributed by atoms with Crippen LogP contribution in [0.25, 0.3) is 0 Å². The third-order valence-electron chi connectivity index (χ3n) is 5.63. The summed E-state index contributed by atoms with van der Waals surface area (Å²) in [6, 6.07) is 14.2. The number of hydrogen-bond acceptors (Lipinski definition) is 5. The molecule has 2 aromatic rings. The topological polar surface area (TPSA) is 61.8 Å². The van der Waals surface area contributed by atoms with Crippen molar-refractivity contribution < 1.29 is 23.8 Å². The van der Waals surface area contributed by atoms with Gasteiger partial charge >= 0.3 is 5.97 Å². The molecule has 0 amide bonds. The molecule has 34 heavy (non-hydrogen) atoms. The van der Waals surface area contributed by atoms with Gasteiger partial charge in [0.2, 0.25) is 0 Å². The van der Waals surface area contributed by atoms with E-state index in [2.05, 4.69) is 6.92 Å². The first-order chi connectivity index (χ1) is 16.7. The molecule has 0 fully saturated rings. The summed E-state index contributed by atoms with van der Waals surface area (Å²) in [5.41, 5.74) is 0.486. The predicted octanol–water partition coefficient (Wildman–Crippen LogP) is 7.56. The average molecular weight is 469 g/mol. The zero-order chi connectivity index (χ0) is 24.3. The Bertz CT molecular complexity index is 798. The Morgan fingerprint density at radius 1 is 0.647 bits per heavy atom. The summed E-state index contributed by atoms with van der Waals surface area (Å²) in [7, 11) is 0. The number of ether oxygens (including phenoxy) is 3. The standard InChI is InChI=1S/C29H40O5/c1-2-3-12-23-32-27-18-20-28(21-19-27)34-29(31)25-14-16-26(17-15-25)33-24-13-10-8-6-4-5-7-9-11-22-30/h14-22H,2-13,23-24H2,1H3. The number of hydrogen-bond donors (Lipinski definition) is 0. The Morgan fingerprint density at radius 2 is 1.12 bits per heavy atom. The van der Waals surface area contributed by atoms with Gasteiger partial charge in [-0.2, -0.15) is 0 Å². The number of aldehydes is 1. The monoisotopic (exact) mass is 468 g/mol. The molecule has 0 aromatic heterocycles. The van der Waals surface area contributed by atoms with Crippen LogP contribution in [0.3, 0.4) is 0 Å². The zero-order valence-corrected chi connectivity index (χ0v) is 20.6. The van der Waals surface area contributed by atoms with Crippen LogP contribution in [0.4, 0.5) is 0 Å². The van der Waals surface area contributed by atoms with E-state index in [1.54, 1.807) is 24.3 Å². The minimum Gasteiger partial charge on any atom is -0.494 e. The number of esters is 1. The second-order valence-electron chi connectivity index (χ2n) is 8.57. The average Bonchev–Trinajstić information content (AvgIpc) is 2.86. The second kappa shape index (κ2) is 17.6. The van der Waals surface area contributed by atoms with Gasteiger partial charge in [0.05, 0.1) is 18.8 Å². The lowest BCUT2D eigenvalue weighted by Crippen LogP contribution is -2.08. The third kappa shape index (κ3) is 11.9. The Hall–Kier alpha value is -2.82. The van der Waals surface area contributed by atoms with Crippen molar-refractivity contribution >= 4 is 12.3 Å². The van der Waals surface area contributed by atoms with Crippen LogP contribution in [0, 0.1) is 0 Å². The highest BCUT2D eigenvalue weighted by atomic mass is 16.5. The number of unbranched alkanes of at least 4 members (excludes halogenated alkanes) is 10. The highest BCUT2D eigenvalue weighted by Crippen LogP contribution is 2.20. The molecular formula is C29H40O5. The first-order valence-electron chi connectivity index (χ1n) is 12.8. The Balaban J connectivity index is 1.59. The molecular weight excluding hydrogens is 428 g/mol. The van der Waals surface area contributed by atoms with Crippen molar-refractivity contribution in [3.05, 3.63) is 54.1 Å². The van der Waals surface area contributed by atoms with E-state index in [0.29, 0.717) is 30.9 Å². The van der Waals surface area contributed by atoms with E-state index in [1.807, 2.05) is 24.3 Å². The van der Waals surface area contributed by atoms with Gasteiger partial charge in [-0.25, -0.2) is 4.79 Å². The third-order valence-corrected chi connectivity index (χ3v) is 5.63. The molecule has 0 saturated heterocycles. The smallest absolute Gasteiger partial charge is 0.343 e. The number of rotatable bonds is 19. The fourth-order valence-corrected chi connectivity index (χ4v) is 3.58.